The van der Waals surface area contributed by atoms with Crippen molar-refractivity contribution in [3.05, 3.63) is 50.2 Å². The van der Waals surface area contributed by atoms with Crippen LogP contribution in [0.25, 0.3) is 0 Å². The van der Waals surface area contributed by atoms with E-state index in [1.807, 2.05) is 29.8 Å². The third-order valence-corrected chi connectivity index (χ3v) is 3.76. The molecule has 0 radical (unpaired) electrons. The summed E-state index contributed by atoms with van der Waals surface area (Å²) in [5, 5.41) is 5.42. The Labute approximate surface area is 130 Å². The van der Waals surface area contributed by atoms with Gasteiger partial charge in [0.25, 0.3) is 0 Å². The summed E-state index contributed by atoms with van der Waals surface area (Å²) < 4.78 is 2.69. The lowest BCUT2D eigenvalue weighted by molar-refractivity contribution is 0.543. The molecule has 0 aliphatic heterocycles. The van der Waals surface area contributed by atoms with E-state index >= 15 is 0 Å². The second-order valence-electron chi connectivity index (χ2n) is 4.00. The van der Waals surface area contributed by atoms with Gasteiger partial charge in [-0.25, -0.2) is 5.43 Å². The van der Waals surface area contributed by atoms with Crippen LogP contribution in [0.5, 0.6) is 0 Å². The number of halogens is 3. The number of nitrogens with one attached hydrogen (secondary N) is 1. The number of benzene rings is 1. The first kappa shape index (κ1) is 14.8. The van der Waals surface area contributed by atoms with Crippen molar-refractivity contribution in [2.45, 2.75) is 19.5 Å². The Balaban J connectivity index is 2.52. The summed E-state index contributed by atoms with van der Waals surface area (Å²) in [5.41, 5.74) is 4.50. The van der Waals surface area contributed by atoms with Gasteiger partial charge in [-0.2, -0.15) is 5.10 Å². The average molecular weight is 364 g/mol. The zero-order valence-electron chi connectivity index (χ0n) is 10.2. The molecule has 2 aromatic rings. The largest absolute Gasteiger partial charge is 0.271 e. The van der Waals surface area contributed by atoms with Crippen LogP contribution < -0.4 is 11.3 Å². The van der Waals surface area contributed by atoms with E-state index in [0.717, 1.165) is 15.7 Å². The molecule has 7 heteroatoms. The van der Waals surface area contributed by atoms with Gasteiger partial charge in [-0.15, -0.1) is 0 Å². The first-order valence-corrected chi connectivity index (χ1v) is 7.25. The molecule has 1 unspecified atom stereocenters. The average Bonchev–Trinajstić information content (AvgIpc) is 2.71. The summed E-state index contributed by atoms with van der Waals surface area (Å²) in [7, 11) is 0. The maximum absolute atomic E-state index is 6.20. The van der Waals surface area contributed by atoms with Gasteiger partial charge in [0, 0.05) is 16.0 Å². The highest BCUT2D eigenvalue weighted by Gasteiger charge is 2.21. The standard InChI is InChI=1S/C12H13BrCl2N4/c1-2-19-12(10(15)6-17-19)11(18-16)7-3-8(13)5-9(14)4-7/h3-6,11,18H,2,16H2,1H3. The SMILES string of the molecule is CCn1ncc(Cl)c1C(NN)c1cc(Cl)cc(Br)c1. The van der Waals surface area contributed by atoms with Crippen LogP contribution in [-0.4, -0.2) is 9.78 Å². The normalized spacial score (nSPS) is 12.7. The maximum atomic E-state index is 6.20. The summed E-state index contributed by atoms with van der Waals surface area (Å²) in [6.07, 6.45) is 1.62. The first-order chi connectivity index (χ1) is 9.06. The van der Waals surface area contributed by atoms with Crippen LogP contribution in [0.4, 0.5) is 0 Å². The Morgan fingerprint density at radius 3 is 2.74 bits per heavy atom. The van der Waals surface area contributed by atoms with Crippen LogP contribution in [0.3, 0.4) is 0 Å². The molecule has 102 valence electrons. The number of hydrogen-bond donors (Lipinski definition) is 2. The molecule has 0 aliphatic carbocycles. The van der Waals surface area contributed by atoms with E-state index in [0.29, 0.717) is 16.6 Å². The van der Waals surface area contributed by atoms with Gasteiger partial charge >= 0.3 is 0 Å². The lowest BCUT2D eigenvalue weighted by atomic mass is 10.0. The molecule has 19 heavy (non-hydrogen) atoms. The number of rotatable bonds is 4. The first-order valence-electron chi connectivity index (χ1n) is 5.70. The quantitative estimate of drug-likeness (QED) is 0.645. The molecule has 0 saturated heterocycles. The minimum Gasteiger partial charge on any atom is -0.271 e. The summed E-state index contributed by atoms with van der Waals surface area (Å²) in [5.74, 6) is 5.68. The van der Waals surface area contributed by atoms with Gasteiger partial charge in [0.2, 0.25) is 0 Å². The molecule has 0 fully saturated rings. The zero-order chi connectivity index (χ0) is 14.0. The zero-order valence-corrected chi connectivity index (χ0v) is 13.3. The van der Waals surface area contributed by atoms with Crippen LogP contribution in [-0.2, 0) is 6.54 Å². The van der Waals surface area contributed by atoms with Crippen molar-refractivity contribution < 1.29 is 0 Å². The summed E-state index contributed by atoms with van der Waals surface area (Å²) in [6, 6.07) is 5.34. The number of nitrogens with zero attached hydrogens (tertiary/aromatic N) is 2. The van der Waals surface area contributed by atoms with Gasteiger partial charge in [0.05, 0.1) is 23.0 Å². The molecule has 1 aromatic carbocycles. The van der Waals surface area contributed by atoms with Gasteiger partial charge in [-0.1, -0.05) is 39.1 Å². The molecule has 1 aromatic heterocycles. The monoisotopic (exact) mass is 362 g/mol. The second kappa shape index (κ2) is 6.24. The van der Waals surface area contributed by atoms with E-state index in [4.69, 9.17) is 29.0 Å². The second-order valence-corrected chi connectivity index (χ2v) is 5.76. The van der Waals surface area contributed by atoms with E-state index in [1.165, 1.54) is 0 Å². The van der Waals surface area contributed by atoms with Crippen LogP contribution >= 0.6 is 39.1 Å². The third kappa shape index (κ3) is 3.12. The number of hydrazine groups is 1. The number of hydrogen-bond acceptors (Lipinski definition) is 3. The van der Waals surface area contributed by atoms with Crippen LogP contribution in [0, 0.1) is 0 Å². The highest BCUT2D eigenvalue weighted by Crippen LogP contribution is 2.31. The van der Waals surface area contributed by atoms with Crippen LogP contribution in [0.1, 0.15) is 24.2 Å². The molecule has 3 N–H and O–H groups in total. The smallest absolute Gasteiger partial charge is 0.0894 e. The Morgan fingerprint density at radius 2 is 2.16 bits per heavy atom. The van der Waals surface area contributed by atoms with Crippen LogP contribution in [0.15, 0.2) is 28.9 Å². The molecular weight excluding hydrogens is 351 g/mol. The van der Waals surface area contributed by atoms with Crippen molar-refractivity contribution in [3.8, 4) is 0 Å². The highest BCUT2D eigenvalue weighted by atomic mass is 79.9. The van der Waals surface area contributed by atoms with Crippen molar-refractivity contribution >= 4 is 39.1 Å². The summed E-state index contributed by atoms with van der Waals surface area (Å²) in [4.78, 5) is 0. The summed E-state index contributed by atoms with van der Waals surface area (Å²) >= 11 is 15.7. The van der Waals surface area contributed by atoms with Crippen molar-refractivity contribution in [2.75, 3.05) is 0 Å². The van der Waals surface area contributed by atoms with Crippen molar-refractivity contribution in [3.63, 3.8) is 0 Å². The van der Waals surface area contributed by atoms with Crippen molar-refractivity contribution in [1.29, 1.82) is 0 Å². The van der Waals surface area contributed by atoms with Crippen molar-refractivity contribution in [2.24, 2.45) is 5.84 Å². The van der Waals surface area contributed by atoms with E-state index < -0.39 is 0 Å². The molecule has 1 heterocycles. The lowest BCUT2D eigenvalue weighted by Gasteiger charge is -2.19. The molecule has 4 nitrogen and oxygen atoms in total. The molecular formula is C12H13BrCl2N4. The molecule has 0 saturated carbocycles. The molecule has 0 spiro atoms. The number of aryl methyl sites for hydroxylation is 1. The Hall–Kier alpha value is -0.590. The van der Waals surface area contributed by atoms with E-state index in [1.54, 1.807) is 6.20 Å². The van der Waals surface area contributed by atoms with E-state index in [2.05, 4.69) is 26.5 Å². The fraction of sp³-hybridized carbons (Fsp3) is 0.250. The van der Waals surface area contributed by atoms with E-state index in [-0.39, 0.29) is 6.04 Å². The summed E-state index contributed by atoms with van der Waals surface area (Å²) in [6.45, 7) is 2.70. The number of aromatic nitrogens is 2. The molecule has 1 atom stereocenters. The van der Waals surface area contributed by atoms with Gasteiger partial charge < -0.3 is 0 Å². The maximum Gasteiger partial charge on any atom is 0.0894 e. The molecule has 0 bridgehead atoms. The molecule has 2 rings (SSSR count). The Bertz CT molecular complexity index is 565. The van der Waals surface area contributed by atoms with E-state index in [9.17, 15) is 0 Å². The lowest BCUT2D eigenvalue weighted by Crippen LogP contribution is -2.31. The number of nitrogens with two attached hydrogens (primary N) is 1. The van der Waals surface area contributed by atoms with Gasteiger partial charge in [-0.3, -0.25) is 10.5 Å². The van der Waals surface area contributed by atoms with Crippen molar-refractivity contribution in [1.82, 2.24) is 15.2 Å². The van der Waals surface area contributed by atoms with Gasteiger partial charge in [0.1, 0.15) is 0 Å². The highest BCUT2D eigenvalue weighted by molar-refractivity contribution is 9.10. The minimum atomic E-state index is -0.273. The third-order valence-electron chi connectivity index (χ3n) is 2.79. The van der Waals surface area contributed by atoms with Gasteiger partial charge in [0.15, 0.2) is 0 Å². The molecule has 0 aliphatic rings. The topological polar surface area (TPSA) is 55.9 Å². The Kier molecular flexibility index (Phi) is 4.86. The predicted molar refractivity (Wildman–Crippen MR) is 81.2 cm³/mol. The predicted octanol–water partition coefficient (Wildman–Crippen LogP) is 3.53. The fourth-order valence-electron chi connectivity index (χ4n) is 1.99. The fourth-order valence-corrected chi connectivity index (χ4v) is 3.12. The molecule has 0 amide bonds. The van der Waals surface area contributed by atoms with Gasteiger partial charge in [-0.05, 0) is 30.7 Å². The van der Waals surface area contributed by atoms with Crippen LogP contribution in [0.2, 0.25) is 10.0 Å². The minimum absolute atomic E-state index is 0.273. The Morgan fingerprint density at radius 1 is 1.42 bits per heavy atom.